The summed E-state index contributed by atoms with van der Waals surface area (Å²) in [6.07, 6.45) is 0.700. The van der Waals surface area contributed by atoms with Crippen LogP contribution in [0.2, 0.25) is 5.02 Å². The van der Waals surface area contributed by atoms with Gasteiger partial charge in [-0.15, -0.1) is 0 Å². The van der Waals surface area contributed by atoms with Gasteiger partial charge in [0.1, 0.15) is 0 Å². The summed E-state index contributed by atoms with van der Waals surface area (Å²) in [5, 5.41) is 4.15. The van der Waals surface area contributed by atoms with Crippen LogP contribution in [0.3, 0.4) is 0 Å². The summed E-state index contributed by atoms with van der Waals surface area (Å²) in [7, 11) is 0. The van der Waals surface area contributed by atoms with Crippen LogP contribution < -0.4 is 0 Å². The minimum Gasteiger partial charge on any atom is -0.0936 e. The molecular weight excluding hydrogens is 253 g/mol. The molecule has 1 aromatic carbocycles. The fourth-order valence-corrected chi connectivity index (χ4v) is 1.59. The Kier molecular flexibility index (Phi) is 4.09. The van der Waals surface area contributed by atoms with Crippen LogP contribution in [0.25, 0.3) is 10.4 Å². The Hall–Kier alpha value is -0.700. The molecule has 1 rings (SSSR count). The lowest BCUT2D eigenvalue weighted by atomic mass is 10.1. The summed E-state index contributed by atoms with van der Waals surface area (Å²) >= 11 is 9.19. The first-order valence-electron chi connectivity index (χ1n) is 3.69. The second-order valence-corrected chi connectivity index (χ2v) is 3.73. The highest BCUT2D eigenvalue weighted by molar-refractivity contribution is 9.10. The highest BCUT2D eigenvalue weighted by Gasteiger charge is 1.99. The first-order chi connectivity index (χ1) is 6.24. The third-order valence-electron chi connectivity index (χ3n) is 1.55. The third kappa shape index (κ3) is 3.27. The molecule has 0 heterocycles. The van der Waals surface area contributed by atoms with E-state index in [4.69, 9.17) is 17.1 Å². The summed E-state index contributed by atoms with van der Waals surface area (Å²) in [5.74, 6) is 0. The van der Waals surface area contributed by atoms with Gasteiger partial charge in [-0.25, -0.2) is 0 Å². The van der Waals surface area contributed by atoms with Gasteiger partial charge in [0.05, 0.1) is 0 Å². The molecule has 0 aliphatic rings. The van der Waals surface area contributed by atoms with Crippen LogP contribution in [0.15, 0.2) is 27.8 Å². The summed E-state index contributed by atoms with van der Waals surface area (Å²) in [5.41, 5.74) is 9.14. The number of azide groups is 1. The molecular formula is C8H7BrClN3. The Labute approximate surface area is 89.5 Å². The molecule has 0 N–H and O–H groups in total. The van der Waals surface area contributed by atoms with Gasteiger partial charge in [-0.1, -0.05) is 32.6 Å². The van der Waals surface area contributed by atoms with E-state index in [2.05, 4.69) is 26.0 Å². The molecule has 0 unspecified atom stereocenters. The van der Waals surface area contributed by atoms with Gasteiger partial charge in [0, 0.05) is 21.0 Å². The highest BCUT2D eigenvalue weighted by atomic mass is 79.9. The van der Waals surface area contributed by atoms with Crippen LogP contribution in [0.5, 0.6) is 0 Å². The van der Waals surface area contributed by atoms with Crippen LogP contribution in [0, 0.1) is 0 Å². The molecule has 68 valence electrons. The fourth-order valence-electron chi connectivity index (χ4n) is 0.950. The maximum absolute atomic E-state index is 8.09. The van der Waals surface area contributed by atoms with E-state index in [0.29, 0.717) is 18.0 Å². The Morgan fingerprint density at radius 3 is 3.00 bits per heavy atom. The molecule has 5 heteroatoms. The summed E-state index contributed by atoms with van der Waals surface area (Å²) in [6, 6.07) is 5.55. The van der Waals surface area contributed by atoms with Gasteiger partial charge >= 0.3 is 0 Å². The third-order valence-corrected chi connectivity index (χ3v) is 2.56. The predicted octanol–water partition coefficient (Wildman–Crippen LogP) is 3.96. The molecule has 0 saturated heterocycles. The van der Waals surface area contributed by atoms with Crippen LogP contribution in [0.4, 0.5) is 0 Å². The SMILES string of the molecule is [N-]=[N+]=NCCc1cc(Cl)ccc1Br. The fraction of sp³-hybridized carbons (Fsp3) is 0.250. The maximum atomic E-state index is 8.09. The molecule has 0 aliphatic heterocycles. The zero-order valence-corrected chi connectivity index (χ0v) is 9.09. The smallest absolute Gasteiger partial charge is 0.0409 e. The van der Waals surface area contributed by atoms with Crippen molar-refractivity contribution in [2.75, 3.05) is 6.54 Å². The Balaban J connectivity index is 2.75. The van der Waals surface area contributed by atoms with Crippen LogP contribution in [-0.4, -0.2) is 6.54 Å². The summed E-state index contributed by atoms with van der Waals surface area (Å²) in [4.78, 5) is 2.68. The van der Waals surface area contributed by atoms with E-state index in [1.54, 1.807) is 0 Å². The van der Waals surface area contributed by atoms with Gasteiger partial charge in [0.25, 0.3) is 0 Å². The van der Waals surface area contributed by atoms with E-state index >= 15 is 0 Å². The average Bonchev–Trinajstić information content (AvgIpc) is 2.11. The summed E-state index contributed by atoms with van der Waals surface area (Å²) < 4.78 is 0.991. The molecule has 0 aromatic heterocycles. The maximum Gasteiger partial charge on any atom is 0.0409 e. The van der Waals surface area contributed by atoms with Crippen molar-refractivity contribution in [1.82, 2.24) is 0 Å². The van der Waals surface area contributed by atoms with Gasteiger partial charge in [-0.05, 0) is 35.7 Å². The zero-order chi connectivity index (χ0) is 9.68. The van der Waals surface area contributed by atoms with Crippen LogP contribution in [0.1, 0.15) is 5.56 Å². The minimum absolute atomic E-state index is 0.454. The van der Waals surface area contributed by atoms with Crippen molar-refractivity contribution in [3.63, 3.8) is 0 Å². The predicted molar refractivity (Wildman–Crippen MR) is 56.9 cm³/mol. The Bertz CT molecular complexity index is 347. The number of benzene rings is 1. The molecule has 0 radical (unpaired) electrons. The van der Waals surface area contributed by atoms with E-state index < -0.39 is 0 Å². The van der Waals surface area contributed by atoms with E-state index in [-0.39, 0.29) is 0 Å². The topological polar surface area (TPSA) is 48.8 Å². The number of hydrogen-bond donors (Lipinski definition) is 0. The van der Waals surface area contributed by atoms with Crippen LogP contribution in [-0.2, 0) is 6.42 Å². The van der Waals surface area contributed by atoms with Gasteiger partial charge in [0.2, 0.25) is 0 Å². The summed E-state index contributed by atoms with van der Waals surface area (Å²) in [6.45, 7) is 0.454. The monoisotopic (exact) mass is 259 g/mol. The molecule has 0 bridgehead atoms. The number of rotatable bonds is 3. The number of nitrogens with zero attached hydrogens (tertiary/aromatic N) is 3. The largest absolute Gasteiger partial charge is 0.0936 e. The van der Waals surface area contributed by atoms with Crippen LogP contribution >= 0.6 is 27.5 Å². The molecule has 0 fully saturated rings. The van der Waals surface area contributed by atoms with Gasteiger partial charge in [-0.2, -0.15) is 0 Å². The molecule has 3 nitrogen and oxygen atoms in total. The normalized spacial score (nSPS) is 9.38. The second kappa shape index (κ2) is 5.12. The lowest BCUT2D eigenvalue weighted by Gasteiger charge is -2.01. The first-order valence-corrected chi connectivity index (χ1v) is 4.86. The zero-order valence-electron chi connectivity index (χ0n) is 6.74. The van der Waals surface area contributed by atoms with Crippen molar-refractivity contribution in [1.29, 1.82) is 0 Å². The highest BCUT2D eigenvalue weighted by Crippen LogP contribution is 2.21. The molecule has 0 atom stereocenters. The van der Waals surface area contributed by atoms with Crippen molar-refractivity contribution in [2.24, 2.45) is 5.11 Å². The lowest BCUT2D eigenvalue weighted by molar-refractivity contribution is 0.951. The Morgan fingerprint density at radius 2 is 2.31 bits per heavy atom. The van der Waals surface area contributed by atoms with Gasteiger partial charge < -0.3 is 0 Å². The molecule has 0 aliphatic carbocycles. The quantitative estimate of drug-likeness (QED) is 0.449. The minimum atomic E-state index is 0.454. The molecule has 0 spiro atoms. The lowest BCUT2D eigenvalue weighted by Crippen LogP contribution is -1.89. The number of halogens is 2. The molecule has 13 heavy (non-hydrogen) atoms. The van der Waals surface area contributed by atoms with E-state index in [0.717, 1.165) is 10.0 Å². The van der Waals surface area contributed by atoms with Crippen molar-refractivity contribution >= 4 is 27.5 Å². The van der Waals surface area contributed by atoms with E-state index in [9.17, 15) is 0 Å². The van der Waals surface area contributed by atoms with Crippen molar-refractivity contribution in [3.05, 3.63) is 43.7 Å². The molecule has 1 aromatic rings. The average molecular weight is 261 g/mol. The first kappa shape index (κ1) is 10.4. The van der Waals surface area contributed by atoms with Crippen molar-refractivity contribution in [3.8, 4) is 0 Å². The van der Waals surface area contributed by atoms with Gasteiger partial charge in [0.15, 0.2) is 0 Å². The van der Waals surface area contributed by atoms with E-state index in [1.807, 2.05) is 18.2 Å². The van der Waals surface area contributed by atoms with Crippen molar-refractivity contribution < 1.29 is 0 Å². The van der Waals surface area contributed by atoms with Crippen molar-refractivity contribution in [2.45, 2.75) is 6.42 Å². The van der Waals surface area contributed by atoms with Gasteiger partial charge in [-0.3, -0.25) is 0 Å². The molecule has 0 saturated carbocycles. The standard InChI is InChI=1S/C8H7BrClN3/c9-8-2-1-7(10)5-6(8)3-4-12-13-11/h1-2,5H,3-4H2. The second-order valence-electron chi connectivity index (χ2n) is 2.44. The number of hydrogen-bond acceptors (Lipinski definition) is 1. The molecule has 0 amide bonds. The Morgan fingerprint density at radius 1 is 1.54 bits per heavy atom. The van der Waals surface area contributed by atoms with E-state index in [1.165, 1.54) is 0 Å².